The van der Waals surface area contributed by atoms with E-state index < -0.39 is 13.7 Å². The number of amides is 2. The second kappa shape index (κ2) is 15.5. The lowest BCUT2D eigenvalue weighted by atomic mass is 9.92. The van der Waals surface area contributed by atoms with E-state index in [2.05, 4.69) is 23.1 Å². The number of aromatic nitrogens is 2. The molecule has 13 nitrogen and oxygen atoms in total. The molecule has 5 aromatic rings. The van der Waals surface area contributed by atoms with Gasteiger partial charge in [0.2, 0.25) is 0 Å². The lowest BCUT2D eigenvalue weighted by molar-refractivity contribution is 0.0193. The third-order valence-corrected chi connectivity index (χ3v) is 11.0. The van der Waals surface area contributed by atoms with E-state index in [1.807, 2.05) is 35.6 Å². The zero-order chi connectivity index (χ0) is 39.0. The number of phosphoric acid groups is 1. The minimum atomic E-state index is -4.81. The summed E-state index contributed by atoms with van der Waals surface area (Å²) in [6.07, 6.45) is 2.37. The number of hydrogen-bond donors (Lipinski definition) is 2. The van der Waals surface area contributed by atoms with Crippen molar-refractivity contribution in [2.75, 3.05) is 37.7 Å². The summed E-state index contributed by atoms with van der Waals surface area (Å²) in [5, 5.41) is 10.1. The zero-order valence-corrected chi connectivity index (χ0v) is 32.2. The van der Waals surface area contributed by atoms with Crippen LogP contribution >= 0.6 is 19.4 Å². The number of nitrogens with zero attached hydrogens (tertiary/aromatic N) is 6. The molecule has 0 bridgehead atoms. The van der Waals surface area contributed by atoms with Gasteiger partial charge in [0.1, 0.15) is 17.5 Å². The van der Waals surface area contributed by atoms with Crippen LogP contribution < -0.4 is 9.42 Å². The number of halogens is 1. The second-order valence-corrected chi connectivity index (χ2v) is 15.4. The maximum atomic E-state index is 14.8. The average Bonchev–Trinajstić information content (AvgIpc) is 3.68. The van der Waals surface area contributed by atoms with E-state index in [4.69, 9.17) is 20.9 Å². The first-order valence-corrected chi connectivity index (χ1v) is 19.6. The van der Waals surface area contributed by atoms with Crippen LogP contribution in [0.15, 0.2) is 85.1 Å². The smallest absolute Gasteiger partial charge is 0.404 e. The monoisotopic (exact) mass is 782 g/mol. The summed E-state index contributed by atoms with van der Waals surface area (Å²) in [7, 11) is -1.30. The van der Waals surface area contributed by atoms with Crippen molar-refractivity contribution in [1.29, 1.82) is 5.26 Å². The Kier molecular flexibility index (Phi) is 10.7. The quantitative estimate of drug-likeness (QED) is 0.166. The van der Waals surface area contributed by atoms with Crippen LogP contribution in [0.5, 0.6) is 5.75 Å². The summed E-state index contributed by atoms with van der Waals surface area (Å²) in [5.41, 5.74) is 5.97. The van der Waals surface area contributed by atoms with Crippen molar-refractivity contribution in [1.82, 2.24) is 18.9 Å². The van der Waals surface area contributed by atoms with Crippen molar-refractivity contribution in [3.8, 4) is 23.1 Å². The predicted molar refractivity (Wildman–Crippen MR) is 207 cm³/mol. The molecule has 3 aromatic carbocycles. The van der Waals surface area contributed by atoms with Gasteiger partial charge in [-0.3, -0.25) is 29.2 Å². The molecule has 0 unspecified atom stereocenters. The fraction of sp³-hybridized carbons (Fsp3) is 0.275. The van der Waals surface area contributed by atoms with Gasteiger partial charge in [0, 0.05) is 85.7 Å². The highest BCUT2D eigenvalue weighted by Gasteiger charge is 2.34. The molecule has 1 saturated heterocycles. The number of ether oxygens (including phenoxy) is 1. The van der Waals surface area contributed by atoms with Gasteiger partial charge >= 0.3 is 7.82 Å². The first kappa shape index (κ1) is 38.1. The molecule has 0 saturated carbocycles. The number of rotatable bonds is 9. The molecule has 2 amide bonds. The molecule has 2 aromatic heterocycles. The maximum absolute atomic E-state index is 14.8. The number of fused-ring (bicyclic) bond motifs is 1. The van der Waals surface area contributed by atoms with Crippen molar-refractivity contribution in [2.24, 2.45) is 14.1 Å². The molecule has 2 aliphatic rings. The highest BCUT2D eigenvalue weighted by Crippen LogP contribution is 2.40. The highest BCUT2D eigenvalue weighted by molar-refractivity contribution is 7.46. The normalized spacial score (nSPS) is 16.0. The van der Waals surface area contributed by atoms with Crippen LogP contribution in [0.25, 0.3) is 11.3 Å². The van der Waals surface area contributed by atoms with Crippen molar-refractivity contribution < 1.29 is 33.2 Å². The van der Waals surface area contributed by atoms with Gasteiger partial charge < -0.3 is 23.3 Å². The van der Waals surface area contributed by atoms with Crippen molar-refractivity contribution >= 4 is 42.6 Å². The number of phosphoric ester groups is 1. The fourth-order valence-corrected chi connectivity index (χ4v) is 7.96. The Balaban J connectivity index is 1.27. The van der Waals surface area contributed by atoms with Crippen LogP contribution in [0.4, 0.5) is 11.4 Å². The van der Waals surface area contributed by atoms with E-state index >= 15 is 0 Å². The van der Waals surface area contributed by atoms with Gasteiger partial charge in [-0.05, 0) is 79.1 Å². The van der Waals surface area contributed by atoms with Gasteiger partial charge in [0.05, 0.1) is 24.5 Å². The Hall–Kier alpha value is -5.19. The lowest BCUT2D eigenvalue weighted by Gasteiger charge is -2.40. The van der Waals surface area contributed by atoms with Gasteiger partial charge in [-0.25, -0.2) is 4.57 Å². The molecule has 4 heterocycles. The third kappa shape index (κ3) is 7.97. The van der Waals surface area contributed by atoms with Crippen LogP contribution in [-0.4, -0.2) is 79.4 Å². The van der Waals surface area contributed by atoms with Crippen LogP contribution in [0.2, 0.25) is 5.02 Å². The molecule has 55 heavy (non-hydrogen) atoms. The molecule has 2 aliphatic heterocycles. The van der Waals surface area contributed by atoms with Crippen LogP contribution in [0, 0.1) is 18.3 Å². The Bertz CT molecular complexity index is 2360. The van der Waals surface area contributed by atoms with Gasteiger partial charge in [-0.1, -0.05) is 35.9 Å². The van der Waals surface area contributed by atoms with E-state index in [1.165, 1.54) is 34.7 Å². The van der Waals surface area contributed by atoms with Gasteiger partial charge in [-0.15, -0.1) is 0 Å². The highest BCUT2D eigenvalue weighted by atomic mass is 35.5. The Labute approximate surface area is 323 Å². The summed E-state index contributed by atoms with van der Waals surface area (Å²) < 4.78 is 25.2. The van der Waals surface area contributed by atoms with Gasteiger partial charge in [-0.2, -0.15) is 5.26 Å². The van der Waals surface area contributed by atoms with Crippen LogP contribution in [-0.2, 0) is 36.4 Å². The van der Waals surface area contributed by atoms with Crippen LogP contribution in [0.1, 0.15) is 43.2 Å². The second-order valence-electron chi connectivity index (χ2n) is 13.8. The SMILES string of the molecule is Cc1c(C(=O)N(c2ccc(OP(=O)(O)O)cc2)c2cc(C#N)n(C)c2)cc(-c2cc(Cl)ccc2C(=O)N2Cc3ccccc3C[C@H]2CN2CCOCC2)n1C. The first-order chi connectivity index (χ1) is 26.3. The predicted octanol–water partition coefficient (Wildman–Crippen LogP) is 6.21. The standard InChI is InChI=1S/C40H40ClN6O7P/c1-26-36(40(49)47(33-20-31(22-42)43(2)24-33)30-9-11-34(12-10-30)54-55(50,51)52)21-38(44(26)3)37-19-29(41)8-13-35(37)39(48)46-23-28-7-5-4-6-27(28)18-32(46)25-45-14-16-53-17-15-45/h4-13,19-21,24,32H,14-18,23,25H2,1-3H3,(H2,50,51,52)/t32-/m0/s1. The zero-order valence-electron chi connectivity index (χ0n) is 30.6. The number of hydrogen-bond acceptors (Lipinski definition) is 7. The molecule has 1 atom stereocenters. The lowest BCUT2D eigenvalue weighted by Crippen LogP contribution is -2.52. The van der Waals surface area contributed by atoms with E-state index in [0.717, 1.165) is 25.1 Å². The molecule has 7 rings (SSSR count). The van der Waals surface area contributed by atoms with E-state index in [-0.39, 0.29) is 17.7 Å². The van der Waals surface area contributed by atoms with Crippen molar-refractivity contribution in [3.05, 3.63) is 124 Å². The number of carbonyl (C=O) groups is 2. The minimum absolute atomic E-state index is 0.0764. The number of nitriles is 1. The number of anilines is 2. The third-order valence-electron chi connectivity index (χ3n) is 10.3. The van der Waals surface area contributed by atoms with E-state index in [1.54, 1.807) is 48.1 Å². The van der Waals surface area contributed by atoms with Crippen molar-refractivity contribution in [3.63, 3.8) is 0 Å². The van der Waals surface area contributed by atoms with Crippen molar-refractivity contribution in [2.45, 2.75) is 25.9 Å². The first-order valence-electron chi connectivity index (χ1n) is 17.7. The molecule has 15 heteroatoms. The topological polar surface area (TPSA) is 154 Å². The largest absolute Gasteiger partial charge is 0.524 e. The van der Waals surface area contributed by atoms with Gasteiger partial charge in [0.15, 0.2) is 0 Å². The fourth-order valence-electron chi connectivity index (χ4n) is 7.39. The maximum Gasteiger partial charge on any atom is 0.524 e. The molecule has 2 N–H and O–H groups in total. The summed E-state index contributed by atoms with van der Waals surface area (Å²) in [5.74, 6) is -0.666. The van der Waals surface area contributed by atoms with Crippen LogP contribution in [0.3, 0.4) is 0 Å². The number of benzene rings is 3. The van der Waals surface area contributed by atoms with E-state index in [9.17, 15) is 29.2 Å². The molecule has 0 spiro atoms. The molecular formula is C40H40ClN6O7P. The number of morpholine rings is 1. The Morgan fingerprint density at radius 1 is 0.982 bits per heavy atom. The molecular weight excluding hydrogens is 743 g/mol. The summed E-state index contributed by atoms with van der Waals surface area (Å²) >= 11 is 6.62. The molecule has 0 aliphatic carbocycles. The van der Waals surface area contributed by atoms with Gasteiger partial charge in [0.25, 0.3) is 11.8 Å². The molecule has 0 radical (unpaired) electrons. The Morgan fingerprint density at radius 3 is 2.36 bits per heavy atom. The summed E-state index contributed by atoms with van der Waals surface area (Å²) in [6, 6.07) is 24.5. The Morgan fingerprint density at radius 2 is 1.69 bits per heavy atom. The molecule has 1 fully saturated rings. The average molecular weight is 783 g/mol. The number of aryl methyl sites for hydroxylation is 1. The minimum Gasteiger partial charge on any atom is -0.404 e. The summed E-state index contributed by atoms with van der Waals surface area (Å²) in [4.78, 5) is 53.8. The van der Waals surface area contributed by atoms with E-state index in [0.29, 0.717) is 76.5 Å². The summed E-state index contributed by atoms with van der Waals surface area (Å²) in [6.45, 7) is 5.89. The molecule has 284 valence electrons. The number of carbonyl (C=O) groups excluding carboxylic acids is 2.